The molecule has 112 valence electrons. The van der Waals surface area contributed by atoms with Crippen LogP contribution in [0.2, 0.25) is 0 Å². The van der Waals surface area contributed by atoms with E-state index in [9.17, 15) is 14.0 Å². The highest BCUT2D eigenvalue weighted by Gasteiger charge is 2.16. The topological polar surface area (TPSA) is 78.4 Å². The van der Waals surface area contributed by atoms with E-state index in [-0.39, 0.29) is 11.3 Å². The van der Waals surface area contributed by atoms with Gasteiger partial charge in [0, 0.05) is 6.54 Å². The average molecular weight is 292 g/mol. The number of para-hydroxylation sites is 1. The Bertz CT molecular complexity index is 584. The maximum absolute atomic E-state index is 13.6. The molecule has 0 saturated carbocycles. The minimum Gasteiger partial charge on any atom is -0.478 e. The fraction of sp³-hybridized carbons (Fsp3) is 0.333. The number of hydrogen-bond acceptors (Lipinski definition) is 2. The van der Waals surface area contributed by atoms with Crippen molar-refractivity contribution in [2.24, 2.45) is 0 Å². The van der Waals surface area contributed by atoms with Gasteiger partial charge in [-0.3, -0.25) is 0 Å². The van der Waals surface area contributed by atoms with Crippen molar-refractivity contribution < 1.29 is 19.1 Å². The summed E-state index contributed by atoms with van der Waals surface area (Å²) < 4.78 is 13.6. The SMILES string of the molecule is O=C(NCCC1=CCCC1)Nc1c(F)cccc1C(=O)O. The zero-order valence-corrected chi connectivity index (χ0v) is 11.5. The van der Waals surface area contributed by atoms with Gasteiger partial charge in [-0.15, -0.1) is 0 Å². The molecule has 0 aliphatic heterocycles. The molecule has 1 aromatic carbocycles. The summed E-state index contributed by atoms with van der Waals surface area (Å²) in [5.74, 6) is -2.07. The highest BCUT2D eigenvalue weighted by atomic mass is 19.1. The Morgan fingerprint density at radius 1 is 1.33 bits per heavy atom. The molecule has 1 aromatic rings. The highest BCUT2D eigenvalue weighted by Crippen LogP contribution is 2.21. The van der Waals surface area contributed by atoms with Gasteiger partial charge in [-0.2, -0.15) is 0 Å². The van der Waals surface area contributed by atoms with Gasteiger partial charge in [0.1, 0.15) is 5.82 Å². The molecule has 21 heavy (non-hydrogen) atoms. The fourth-order valence-corrected chi connectivity index (χ4v) is 2.29. The van der Waals surface area contributed by atoms with Gasteiger partial charge < -0.3 is 15.7 Å². The first-order valence-electron chi connectivity index (χ1n) is 6.82. The zero-order valence-electron chi connectivity index (χ0n) is 11.5. The van der Waals surface area contributed by atoms with E-state index >= 15 is 0 Å². The van der Waals surface area contributed by atoms with Crippen molar-refractivity contribution >= 4 is 17.7 Å². The van der Waals surface area contributed by atoms with Crippen molar-refractivity contribution in [3.8, 4) is 0 Å². The van der Waals surface area contributed by atoms with Crippen molar-refractivity contribution in [1.82, 2.24) is 5.32 Å². The molecule has 0 atom stereocenters. The lowest BCUT2D eigenvalue weighted by atomic mass is 10.1. The molecule has 0 radical (unpaired) electrons. The number of halogens is 1. The maximum atomic E-state index is 13.6. The summed E-state index contributed by atoms with van der Waals surface area (Å²) in [7, 11) is 0. The number of carbonyl (C=O) groups excluding carboxylic acids is 1. The molecular weight excluding hydrogens is 275 g/mol. The molecule has 0 unspecified atom stereocenters. The van der Waals surface area contributed by atoms with Gasteiger partial charge in [0.2, 0.25) is 0 Å². The van der Waals surface area contributed by atoms with E-state index in [1.54, 1.807) is 0 Å². The zero-order chi connectivity index (χ0) is 15.2. The first kappa shape index (κ1) is 15.0. The molecule has 2 rings (SSSR count). The number of nitrogens with one attached hydrogen (secondary N) is 2. The maximum Gasteiger partial charge on any atom is 0.337 e. The van der Waals surface area contributed by atoms with E-state index in [4.69, 9.17) is 5.11 Å². The second-order valence-electron chi connectivity index (χ2n) is 4.85. The Hall–Kier alpha value is -2.37. The van der Waals surface area contributed by atoms with Crippen LogP contribution in [0.1, 0.15) is 36.0 Å². The van der Waals surface area contributed by atoms with Gasteiger partial charge in [-0.05, 0) is 37.8 Å². The van der Waals surface area contributed by atoms with Gasteiger partial charge >= 0.3 is 12.0 Å². The minimum absolute atomic E-state index is 0.274. The van der Waals surface area contributed by atoms with E-state index in [2.05, 4.69) is 16.7 Å². The first-order chi connectivity index (χ1) is 10.1. The lowest BCUT2D eigenvalue weighted by Gasteiger charge is -2.11. The normalized spacial score (nSPS) is 13.7. The van der Waals surface area contributed by atoms with Crippen LogP contribution >= 0.6 is 0 Å². The Morgan fingerprint density at radius 2 is 2.14 bits per heavy atom. The predicted octanol–water partition coefficient (Wildman–Crippen LogP) is 3.15. The highest BCUT2D eigenvalue weighted by molar-refractivity contribution is 6.00. The summed E-state index contributed by atoms with van der Waals surface area (Å²) in [6.45, 7) is 0.439. The Balaban J connectivity index is 1.91. The predicted molar refractivity (Wildman–Crippen MR) is 76.9 cm³/mol. The molecule has 3 N–H and O–H groups in total. The van der Waals surface area contributed by atoms with Crippen LogP contribution < -0.4 is 10.6 Å². The largest absolute Gasteiger partial charge is 0.478 e. The van der Waals surface area contributed by atoms with Crippen molar-refractivity contribution in [1.29, 1.82) is 0 Å². The van der Waals surface area contributed by atoms with Crippen LogP contribution in [0.15, 0.2) is 29.8 Å². The number of allylic oxidation sites excluding steroid dienone is 1. The second-order valence-corrected chi connectivity index (χ2v) is 4.85. The summed E-state index contributed by atoms with van der Waals surface area (Å²) in [5.41, 5.74) is 0.721. The van der Waals surface area contributed by atoms with Crippen LogP contribution in [0.3, 0.4) is 0 Å². The Labute approximate surface area is 121 Å². The number of hydrogen-bond donors (Lipinski definition) is 3. The summed E-state index contributed by atoms with van der Waals surface area (Å²) >= 11 is 0. The molecule has 6 heteroatoms. The smallest absolute Gasteiger partial charge is 0.337 e. The van der Waals surface area contributed by atoms with Gasteiger partial charge in [-0.1, -0.05) is 17.7 Å². The molecule has 5 nitrogen and oxygen atoms in total. The standard InChI is InChI=1S/C15H17FN2O3/c16-12-7-3-6-11(14(19)20)13(12)18-15(21)17-9-8-10-4-1-2-5-10/h3-4,6-7H,1-2,5,8-9H2,(H,19,20)(H2,17,18,21). The van der Waals surface area contributed by atoms with E-state index < -0.39 is 17.8 Å². The number of rotatable bonds is 5. The molecule has 0 fully saturated rings. The number of benzene rings is 1. The first-order valence-corrected chi connectivity index (χ1v) is 6.82. The molecule has 0 saturated heterocycles. The monoisotopic (exact) mass is 292 g/mol. The van der Waals surface area contributed by atoms with Gasteiger partial charge in [-0.25, -0.2) is 14.0 Å². The van der Waals surface area contributed by atoms with Crippen LogP contribution in [-0.2, 0) is 0 Å². The second kappa shape index (κ2) is 6.88. The number of aromatic carboxylic acids is 1. The molecule has 0 bridgehead atoms. The molecule has 0 heterocycles. The summed E-state index contributed by atoms with van der Waals surface area (Å²) in [6, 6.07) is 3.02. The fourth-order valence-electron chi connectivity index (χ4n) is 2.29. The van der Waals surface area contributed by atoms with Gasteiger partial charge in [0.05, 0.1) is 11.3 Å². The van der Waals surface area contributed by atoms with E-state index in [1.165, 1.54) is 17.7 Å². The van der Waals surface area contributed by atoms with Crippen LogP contribution in [0, 0.1) is 5.82 Å². The van der Waals surface area contributed by atoms with E-state index in [0.29, 0.717) is 6.54 Å². The molecule has 1 aliphatic carbocycles. The van der Waals surface area contributed by atoms with Crippen LogP contribution in [0.4, 0.5) is 14.9 Å². The third-order valence-electron chi connectivity index (χ3n) is 3.35. The van der Waals surface area contributed by atoms with E-state index in [1.807, 2.05) is 0 Å². The molecule has 0 spiro atoms. The number of carbonyl (C=O) groups is 2. The van der Waals surface area contributed by atoms with Gasteiger partial charge in [0.25, 0.3) is 0 Å². The van der Waals surface area contributed by atoms with Crippen molar-refractivity contribution in [2.45, 2.75) is 25.7 Å². The Morgan fingerprint density at radius 3 is 2.81 bits per heavy atom. The number of urea groups is 1. The minimum atomic E-state index is -1.29. The lowest BCUT2D eigenvalue weighted by molar-refractivity contribution is 0.0697. The van der Waals surface area contributed by atoms with Crippen LogP contribution in [-0.4, -0.2) is 23.7 Å². The number of carboxylic acid groups (broad SMARTS) is 1. The third kappa shape index (κ3) is 4.05. The number of anilines is 1. The summed E-state index contributed by atoms with van der Waals surface area (Å²) in [5, 5.41) is 13.8. The average Bonchev–Trinajstić information content (AvgIpc) is 2.94. The number of carboxylic acids is 1. The van der Waals surface area contributed by atoms with Crippen molar-refractivity contribution in [3.05, 3.63) is 41.2 Å². The number of amides is 2. The van der Waals surface area contributed by atoms with Gasteiger partial charge in [0.15, 0.2) is 0 Å². The molecule has 0 aromatic heterocycles. The van der Waals surface area contributed by atoms with Crippen molar-refractivity contribution in [3.63, 3.8) is 0 Å². The summed E-state index contributed by atoms with van der Waals surface area (Å²) in [6.07, 6.45) is 6.21. The van der Waals surface area contributed by atoms with Crippen LogP contribution in [0.5, 0.6) is 0 Å². The lowest BCUT2D eigenvalue weighted by Crippen LogP contribution is -2.30. The molecular formula is C15H17FN2O3. The molecule has 1 aliphatic rings. The van der Waals surface area contributed by atoms with E-state index in [0.717, 1.165) is 31.7 Å². The summed E-state index contributed by atoms with van der Waals surface area (Å²) in [4.78, 5) is 22.7. The quantitative estimate of drug-likeness (QED) is 0.729. The van der Waals surface area contributed by atoms with Crippen molar-refractivity contribution in [2.75, 3.05) is 11.9 Å². The Kier molecular flexibility index (Phi) is 4.92. The molecule has 2 amide bonds. The third-order valence-corrected chi connectivity index (χ3v) is 3.35. The van der Waals surface area contributed by atoms with Crippen LogP contribution in [0.25, 0.3) is 0 Å².